The summed E-state index contributed by atoms with van der Waals surface area (Å²) >= 11 is 0. The van der Waals surface area contributed by atoms with Crippen LogP contribution in [0.2, 0.25) is 0 Å². The van der Waals surface area contributed by atoms with Crippen molar-refractivity contribution in [2.24, 2.45) is 5.41 Å². The van der Waals surface area contributed by atoms with Gasteiger partial charge in [-0.15, -0.1) is 0 Å². The SMILES string of the molecule is CCC(CC)(CNC(=O)C1(c2ccc(OC)cc2)CCCC1)C(=O)O. The summed E-state index contributed by atoms with van der Waals surface area (Å²) in [5.74, 6) is -0.135. The molecule has 0 radical (unpaired) electrons. The van der Waals surface area contributed by atoms with Crippen molar-refractivity contribution in [3.63, 3.8) is 0 Å². The predicted molar refractivity (Wildman–Crippen MR) is 96.8 cm³/mol. The number of rotatable bonds is 8. The maximum Gasteiger partial charge on any atom is 0.311 e. The minimum Gasteiger partial charge on any atom is -0.497 e. The van der Waals surface area contributed by atoms with Crippen molar-refractivity contribution >= 4 is 11.9 Å². The highest BCUT2D eigenvalue weighted by Crippen LogP contribution is 2.42. The topological polar surface area (TPSA) is 75.6 Å². The third kappa shape index (κ3) is 3.65. The van der Waals surface area contributed by atoms with Crippen LogP contribution in [0.1, 0.15) is 57.9 Å². The first-order valence-corrected chi connectivity index (χ1v) is 9.10. The summed E-state index contributed by atoms with van der Waals surface area (Å²) in [7, 11) is 1.62. The van der Waals surface area contributed by atoms with Gasteiger partial charge < -0.3 is 15.2 Å². The van der Waals surface area contributed by atoms with Gasteiger partial charge in [0.2, 0.25) is 5.91 Å². The zero-order valence-electron chi connectivity index (χ0n) is 15.4. The minimum atomic E-state index is -0.893. The lowest BCUT2D eigenvalue weighted by Gasteiger charge is -2.32. The van der Waals surface area contributed by atoms with Gasteiger partial charge in [-0.3, -0.25) is 9.59 Å². The Bertz CT molecular complexity index is 599. The summed E-state index contributed by atoms with van der Waals surface area (Å²) < 4.78 is 5.21. The minimum absolute atomic E-state index is 0.0531. The molecule has 1 amide bonds. The molecule has 0 unspecified atom stereocenters. The molecule has 1 aromatic rings. The highest BCUT2D eigenvalue weighted by Gasteiger charge is 2.44. The Morgan fingerprint density at radius 2 is 1.72 bits per heavy atom. The number of carboxylic acids is 1. The van der Waals surface area contributed by atoms with E-state index >= 15 is 0 Å². The number of carbonyl (C=O) groups is 2. The van der Waals surface area contributed by atoms with E-state index in [0.717, 1.165) is 37.0 Å². The van der Waals surface area contributed by atoms with Gasteiger partial charge in [-0.05, 0) is 43.4 Å². The van der Waals surface area contributed by atoms with Crippen molar-refractivity contribution < 1.29 is 19.4 Å². The molecule has 0 heterocycles. The van der Waals surface area contributed by atoms with Crippen molar-refractivity contribution in [3.8, 4) is 5.75 Å². The Morgan fingerprint density at radius 1 is 1.16 bits per heavy atom. The number of ether oxygens (including phenoxy) is 1. The van der Waals surface area contributed by atoms with Gasteiger partial charge in [0.05, 0.1) is 17.9 Å². The second-order valence-corrected chi connectivity index (χ2v) is 6.99. The number of carboxylic acid groups (broad SMARTS) is 1. The molecule has 1 aromatic carbocycles. The van der Waals surface area contributed by atoms with Gasteiger partial charge in [-0.25, -0.2) is 0 Å². The monoisotopic (exact) mass is 347 g/mol. The summed E-state index contributed by atoms with van der Waals surface area (Å²) in [6, 6.07) is 7.66. The lowest BCUT2D eigenvalue weighted by atomic mass is 9.77. The van der Waals surface area contributed by atoms with Crippen LogP contribution in [0.25, 0.3) is 0 Å². The lowest BCUT2D eigenvalue weighted by molar-refractivity contribution is -0.149. The van der Waals surface area contributed by atoms with Gasteiger partial charge in [0.25, 0.3) is 0 Å². The largest absolute Gasteiger partial charge is 0.497 e. The normalized spacial score (nSPS) is 16.4. The molecule has 138 valence electrons. The molecule has 2 N–H and O–H groups in total. The second kappa shape index (κ2) is 7.89. The van der Waals surface area contributed by atoms with Crippen LogP contribution in [0.4, 0.5) is 0 Å². The van der Waals surface area contributed by atoms with E-state index in [0.29, 0.717) is 12.8 Å². The summed E-state index contributed by atoms with van der Waals surface area (Å²) in [5.41, 5.74) is -0.467. The number of aliphatic carboxylic acids is 1. The number of amides is 1. The molecule has 5 heteroatoms. The lowest BCUT2D eigenvalue weighted by Crippen LogP contribution is -2.48. The third-order valence-electron chi connectivity index (χ3n) is 5.93. The second-order valence-electron chi connectivity index (χ2n) is 6.99. The fraction of sp³-hybridized carbons (Fsp3) is 0.600. The van der Waals surface area contributed by atoms with E-state index in [-0.39, 0.29) is 12.5 Å². The molecule has 1 fully saturated rings. The molecule has 1 aliphatic rings. The molecule has 1 saturated carbocycles. The highest BCUT2D eigenvalue weighted by molar-refractivity contribution is 5.89. The third-order valence-corrected chi connectivity index (χ3v) is 5.93. The number of methoxy groups -OCH3 is 1. The Hall–Kier alpha value is -2.04. The zero-order chi connectivity index (χ0) is 18.5. The Labute approximate surface area is 149 Å². The predicted octanol–water partition coefficient (Wildman–Crippen LogP) is 3.51. The van der Waals surface area contributed by atoms with Crippen molar-refractivity contribution in [1.29, 1.82) is 0 Å². The number of benzene rings is 1. The van der Waals surface area contributed by atoms with Crippen LogP contribution in [0.5, 0.6) is 5.75 Å². The molecule has 25 heavy (non-hydrogen) atoms. The van der Waals surface area contributed by atoms with Gasteiger partial charge in [0, 0.05) is 6.54 Å². The average Bonchev–Trinajstić information content (AvgIpc) is 3.13. The molecule has 2 rings (SSSR count). The van der Waals surface area contributed by atoms with Crippen LogP contribution in [-0.2, 0) is 15.0 Å². The van der Waals surface area contributed by atoms with Crippen molar-refractivity contribution in [3.05, 3.63) is 29.8 Å². The Kier molecular flexibility index (Phi) is 6.09. The molecule has 0 aromatic heterocycles. The first-order chi connectivity index (χ1) is 11.9. The molecular weight excluding hydrogens is 318 g/mol. The van der Waals surface area contributed by atoms with Crippen molar-refractivity contribution in [2.45, 2.75) is 57.8 Å². The van der Waals surface area contributed by atoms with Crippen LogP contribution in [0.15, 0.2) is 24.3 Å². The smallest absolute Gasteiger partial charge is 0.311 e. The van der Waals surface area contributed by atoms with E-state index < -0.39 is 16.8 Å². The fourth-order valence-corrected chi connectivity index (χ4v) is 3.83. The van der Waals surface area contributed by atoms with Gasteiger partial charge in [0.1, 0.15) is 5.75 Å². The molecule has 0 atom stereocenters. The number of carbonyl (C=O) groups excluding carboxylic acids is 1. The van der Waals surface area contributed by atoms with E-state index in [2.05, 4.69) is 5.32 Å². The standard InChI is InChI=1S/C20H29NO4/c1-4-19(5-2,18(23)24)14-21-17(22)20(12-6-7-13-20)15-8-10-16(25-3)11-9-15/h8-11H,4-7,12-14H2,1-3H3,(H,21,22)(H,23,24). The number of hydrogen-bond acceptors (Lipinski definition) is 3. The van der Waals surface area contributed by atoms with Crippen LogP contribution < -0.4 is 10.1 Å². The molecule has 0 aliphatic heterocycles. The van der Waals surface area contributed by atoms with Gasteiger partial charge in [-0.1, -0.05) is 38.8 Å². The maximum absolute atomic E-state index is 13.1. The van der Waals surface area contributed by atoms with Crippen molar-refractivity contribution in [2.75, 3.05) is 13.7 Å². The molecular formula is C20H29NO4. The first kappa shape index (κ1) is 19.3. The summed E-state index contributed by atoms with van der Waals surface area (Å²) in [5, 5.41) is 12.5. The van der Waals surface area contributed by atoms with Crippen LogP contribution >= 0.6 is 0 Å². The van der Waals surface area contributed by atoms with Crippen LogP contribution in [0, 0.1) is 5.41 Å². The Morgan fingerprint density at radius 3 is 2.16 bits per heavy atom. The molecule has 0 saturated heterocycles. The number of hydrogen-bond donors (Lipinski definition) is 2. The Balaban J connectivity index is 2.21. The maximum atomic E-state index is 13.1. The summed E-state index contributed by atoms with van der Waals surface area (Å²) in [6.07, 6.45) is 4.59. The fourth-order valence-electron chi connectivity index (χ4n) is 3.83. The quantitative estimate of drug-likeness (QED) is 0.754. The zero-order valence-corrected chi connectivity index (χ0v) is 15.4. The summed E-state index contributed by atoms with van der Waals surface area (Å²) in [6.45, 7) is 3.89. The van der Waals surface area contributed by atoms with E-state index in [4.69, 9.17) is 4.74 Å². The van der Waals surface area contributed by atoms with E-state index in [1.165, 1.54) is 0 Å². The molecule has 5 nitrogen and oxygen atoms in total. The first-order valence-electron chi connectivity index (χ1n) is 9.10. The molecule has 0 spiro atoms. The van der Waals surface area contributed by atoms with E-state index in [1.807, 2.05) is 38.1 Å². The van der Waals surface area contributed by atoms with Crippen molar-refractivity contribution in [1.82, 2.24) is 5.32 Å². The molecule has 0 bridgehead atoms. The van der Waals surface area contributed by atoms with Crippen LogP contribution in [-0.4, -0.2) is 30.6 Å². The van der Waals surface area contributed by atoms with Gasteiger partial charge >= 0.3 is 5.97 Å². The number of nitrogens with one attached hydrogen (secondary N) is 1. The van der Waals surface area contributed by atoms with E-state index in [1.54, 1.807) is 7.11 Å². The van der Waals surface area contributed by atoms with Gasteiger partial charge in [-0.2, -0.15) is 0 Å². The van der Waals surface area contributed by atoms with E-state index in [9.17, 15) is 14.7 Å². The average molecular weight is 347 g/mol. The van der Waals surface area contributed by atoms with Gasteiger partial charge in [0.15, 0.2) is 0 Å². The molecule has 1 aliphatic carbocycles. The summed E-state index contributed by atoms with van der Waals surface area (Å²) in [4.78, 5) is 24.8. The highest BCUT2D eigenvalue weighted by atomic mass is 16.5. The van der Waals surface area contributed by atoms with Crippen LogP contribution in [0.3, 0.4) is 0 Å².